The molecule has 0 aromatic heterocycles. The number of methoxy groups -OCH3 is 2. The van der Waals surface area contributed by atoms with Crippen molar-refractivity contribution < 1.29 is 19.1 Å². The molecule has 2 aromatic carbocycles. The van der Waals surface area contributed by atoms with Crippen molar-refractivity contribution in [1.82, 2.24) is 4.90 Å². The zero-order chi connectivity index (χ0) is 20.3. The van der Waals surface area contributed by atoms with Gasteiger partial charge in [0.25, 0.3) is 0 Å². The van der Waals surface area contributed by atoms with E-state index in [4.69, 9.17) is 9.47 Å². The van der Waals surface area contributed by atoms with Gasteiger partial charge in [0.2, 0.25) is 11.8 Å². The van der Waals surface area contributed by atoms with Gasteiger partial charge in [-0.05, 0) is 32.2 Å². The summed E-state index contributed by atoms with van der Waals surface area (Å²) in [7, 11) is 5.09. The molecule has 0 unspecified atom stereocenters. The van der Waals surface area contributed by atoms with E-state index >= 15 is 0 Å². The topological polar surface area (TPSA) is 71.1 Å². The third-order valence-corrected chi connectivity index (χ3v) is 4.97. The Bertz CT molecular complexity index is 884. The summed E-state index contributed by atoms with van der Waals surface area (Å²) in [5.74, 6) is 1.09. The molecule has 1 aliphatic rings. The van der Waals surface area contributed by atoms with E-state index < -0.39 is 6.04 Å². The monoisotopic (exact) mass is 383 g/mol. The van der Waals surface area contributed by atoms with Gasteiger partial charge in [0.05, 0.1) is 31.6 Å². The Morgan fingerprint density at radius 3 is 2.68 bits per heavy atom. The molecule has 0 radical (unpaired) electrons. The van der Waals surface area contributed by atoms with Crippen LogP contribution in [0.2, 0.25) is 0 Å². The van der Waals surface area contributed by atoms with Crippen LogP contribution in [-0.4, -0.2) is 50.6 Å². The second kappa shape index (κ2) is 8.31. The number of hydrogen-bond acceptors (Lipinski definition) is 5. The van der Waals surface area contributed by atoms with Gasteiger partial charge < -0.3 is 14.8 Å². The average molecular weight is 383 g/mol. The van der Waals surface area contributed by atoms with E-state index in [1.165, 1.54) is 0 Å². The van der Waals surface area contributed by atoms with Crippen LogP contribution in [-0.2, 0) is 16.1 Å². The molecule has 7 nitrogen and oxygen atoms in total. The molecule has 0 saturated heterocycles. The maximum absolute atomic E-state index is 13.1. The van der Waals surface area contributed by atoms with E-state index in [1.54, 1.807) is 25.2 Å². The zero-order valence-electron chi connectivity index (χ0n) is 16.6. The van der Waals surface area contributed by atoms with Gasteiger partial charge in [-0.15, -0.1) is 0 Å². The highest BCUT2D eigenvalue weighted by Crippen LogP contribution is 2.30. The molecular formula is C21H25N3O4. The van der Waals surface area contributed by atoms with Crippen molar-refractivity contribution in [1.29, 1.82) is 0 Å². The molecule has 1 N–H and O–H groups in total. The van der Waals surface area contributed by atoms with Crippen molar-refractivity contribution in [2.45, 2.75) is 19.5 Å². The number of nitrogens with one attached hydrogen (secondary N) is 1. The Kier molecular flexibility index (Phi) is 5.84. The van der Waals surface area contributed by atoms with Crippen LogP contribution in [0.4, 0.5) is 11.4 Å². The Morgan fingerprint density at radius 1 is 1.21 bits per heavy atom. The normalized spacial score (nSPS) is 14.3. The summed E-state index contributed by atoms with van der Waals surface area (Å²) >= 11 is 0. The number of anilines is 2. The first-order valence-corrected chi connectivity index (χ1v) is 9.06. The third kappa shape index (κ3) is 3.94. The number of fused-ring (bicyclic) bond motifs is 1. The second-order valence-corrected chi connectivity index (χ2v) is 6.76. The summed E-state index contributed by atoms with van der Waals surface area (Å²) in [5, 5.41) is 2.80. The number of para-hydroxylation sites is 2. The Hall–Kier alpha value is -3.06. The van der Waals surface area contributed by atoms with Crippen molar-refractivity contribution >= 4 is 23.2 Å². The molecule has 0 fully saturated rings. The number of benzene rings is 2. The van der Waals surface area contributed by atoms with Gasteiger partial charge in [-0.1, -0.05) is 18.2 Å². The van der Waals surface area contributed by atoms with Crippen molar-refractivity contribution in [3.05, 3.63) is 48.0 Å². The zero-order valence-corrected chi connectivity index (χ0v) is 16.6. The van der Waals surface area contributed by atoms with Gasteiger partial charge in [-0.3, -0.25) is 19.4 Å². The average Bonchev–Trinajstić information content (AvgIpc) is 2.72. The molecule has 3 rings (SSSR count). The number of nitrogens with zero attached hydrogens (tertiary/aromatic N) is 2. The first-order valence-electron chi connectivity index (χ1n) is 9.06. The number of ether oxygens (including phenoxy) is 2. The molecule has 7 heteroatoms. The Balaban J connectivity index is 1.78. The quantitative estimate of drug-likeness (QED) is 0.830. The lowest BCUT2D eigenvalue weighted by Gasteiger charge is -2.34. The van der Waals surface area contributed by atoms with Crippen LogP contribution >= 0.6 is 0 Å². The van der Waals surface area contributed by atoms with Gasteiger partial charge in [0.1, 0.15) is 18.0 Å². The van der Waals surface area contributed by atoms with E-state index in [9.17, 15) is 9.59 Å². The minimum Gasteiger partial charge on any atom is -0.497 e. The van der Waals surface area contributed by atoms with Crippen LogP contribution in [0.5, 0.6) is 11.5 Å². The molecule has 2 aromatic rings. The molecular weight excluding hydrogens is 358 g/mol. The van der Waals surface area contributed by atoms with Gasteiger partial charge in [-0.2, -0.15) is 0 Å². The number of rotatable bonds is 6. The summed E-state index contributed by atoms with van der Waals surface area (Å²) < 4.78 is 10.7. The standard InChI is InChI=1S/C21H25N3O4/c1-14(23(2)12-15-9-10-16(27-3)11-19(15)28-4)21(26)24-13-20(25)22-17-7-5-6-8-18(17)24/h5-11,14H,12-13H2,1-4H3,(H,22,25)/t14-/m1/s1. The number of carbonyl (C=O) groups excluding carboxylic acids is 2. The maximum atomic E-state index is 13.1. The summed E-state index contributed by atoms with van der Waals surface area (Å²) in [4.78, 5) is 28.6. The van der Waals surface area contributed by atoms with Crippen LogP contribution in [0.25, 0.3) is 0 Å². The molecule has 0 spiro atoms. The third-order valence-electron chi connectivity index (χ3n) is 4.97. The van der Waals surface area contributed by atoms with E-state index in [0.29, 0.717) is 23.7 Å². The lowest BCUT2D eigenvalue weighted by molar-refractivity contribution is -0.125. The molecule has 148 valence electrons. The fourth-order valence-corrected chi connectivity index (χ4v) is 3.23. The van der Waals surface area contributed by atoms with Crippen molar-refractivity contribution in [2.24, 2.45) is 0 Å². The Morgan fingerprint density at radius 2 is 1.96 bits per heavy atom. The number of carbonyl (C=O) groups is 2. The van der Waals surface area contributed by atoms with E-state index in [0.717, 1.165) is 11.3 Å². The summed E-state index contributed by atoms with van der Waals surface area (Å²) in [6.45, 7) is 2.37. The first kappa shape index (κ1) is 19.7. The predicted molar refractivity (Wildman–Crippen MR) is 108 cm³/mol. The van der Waals surface area contributed by atoms with Crippen molar-refractivity contribution in [3.8, 4) is 11.5 Å². The van der Waals surface area contributed by atoms with E-state index in [-0.39, 0.29) is 18.4 Å². The highest BCUT2D eigenvalue weighted by Gasteiger charge is 2.31. The largest absolute Gasteiger partial charge is 0.497 e. The van der Waals surface area contributed by atoms with Crippen molar-refractivity contribution in [3.63, 3.8) is 0 Å². The minimum atomic E-state index is -0.425. The number of likely N-dealkylation sites (N-methyl/N-ethyl adjacent to an activating group) is 1. The Labute approximate surface area is 164 Å². The molecule has 0 aliphatic carbocycles. The van der Waals surface area contributed by atoms with Crippen LogP contribution in [0.3, 0.4) is 0 Å². The first-order chi connectivity index (χ1) is 13.4. The molecule has 2 amide bonds. The van der Waals surface area contributed by atoms with Crippen LogP contribution < -0.4 is 19.7 Å². The van der Waals surface area contributed by atoms with Gasteiger partial charge >= 0.3 is 0 Å². The number of amides is 2. The molecule has 1 atom stereocenters. The van der Waals surface area contributed by atoms with E-state index in [1.807, 2.05) is 55.3 Å². The highest BCUT2D eigenvalue weighted by atomic mass is 16.5. The van der Waals surface area contributed by atoms with Crippen LogP contribution in [0, 0.1) is 0 Å². The number of hydrogen-bond donors (Lipinski definition) is 1. The lowest BCUT2D eigenvalue weighted by Crippen LogP contribution is -2.50. The summed E-state index contributed by atoms with van der Waals surface area (Å²) in [6.07, 6.45) is 0. The SMILES string of the molecule is COc1ccc(CN(C)[C@H](C)C(=O)N2CC(=O)Nc3ccccc32)c(OC)c1. The van der Waals surface area contributed by atoms with Crippen molar-refractivity contribution in [2.75, 3.05) is 38.0 Å². The van der Waals surface area contributed by atoms with Gasteiger partial charge in [0.15, 0.2) is 0 Å². The molecule has 1 aliphatic heterocycles. The minimum absolute atomic E-state index is 0.0138. The van der Waals surface area contributed by atoms with Gasteiger partial charge in [-0.25, -0.2) is 0 Å². The van der Waals surface area contributed by atoms with Crippen LogP contribution in [0.15, 0.2) is 42.5 Å². The molecule has 28 heavy (non-hydrogen) atoms. The highest BCUT2D eigenvalue weighted by molar-refractivity contribution is 6.11. The van der Waals surface area contributed by atoms with E-state index in [2.05, 4.69) is 5.32 Å². The predicted octanol–water partition coefficient (Wildman–Crippen LogP) is 2.51. The summed E-state index contributed by atoms with van der Waals surface area (Å²) in [5.41, 5.74) is 2.32. The molecule has 0 bridgehead atoms. The smallest absolute Gasteiger partial charge is 0.244 e. The lowest BCUT2D eigenvalue weighted by atomic mass is 10.1. The fraction of sp³-hybridized carbons (Fsp3) is 0.333. The molecule has 0 saturated carbocycles. The van der Waals surface area contributed by atoms with Gasteiger partial charge in [0, 0.05) is 18.2 Å². The molecule has 1 heterocycles. The summed E-state index contributed by atoms with van der Waals surface area (Å²) in [6, 6.07) is 12.5. The second-order valence-electron chi connectivity index (χ2n) is 6.76. The maximum Gasteiger partial charge on any atom is 0.244 e. The fourth-order valence-electron chi connectivity index (χ4n) is 3.23. The van der Waals surface area contributed by atoms with Crippen LogP contribution in [0.1, 0.15) is 12.5 Å².